The Labute approximate surface area is 215 Å². The van der Waals surface area contributed by atoms with Crippen molar-refractivity contribution in [3.8, 4) is 17.5 Å². The number of imidazole rings is 1. The van der Waals surface area contributed by atoms with Crippen LogP contribution in [-0.4, -0.2) is 83.2 Å². The lowest BCUT2D eigenvalue weighted by atomic mass is 10.1. The number of nitrogens with one attached hydrogen (secondary N) is 1. The van der Waals surface area contributed by atoms with Crippen molar-refractivity contribution in [3.05, 3.63) is 40.6 Å². The minimum atomic E-state index is -4.73. The number of aromatic nitrogens is 2. The molecular weight excluding hydrogens is 515 g/mol. The first-order valence-electron chi connectivity index (χ1n) is 12.1. The van der Waals surface area contributed by atoms with E-state index in [2.05, 4.69) is 19.9 Å². The third-order valence-corrected chi connectivity index (χ3v) is 6.03. The van der Waals surface area contributed by atoms with Crippen LogP contribution in [0.15, 0.2) is 30.5 Å². The molecule has 12 nitrogen and oxygen atoms in total. The average Bonchev–Trinajstić information content (AvgIpc) is 3.29. The maximum absolute atomic E-state index is 12.3. The number of hydrogen-bond acceptors (Lipinski definition) is 9. The quantitative estimate of drug-likeness (QED) is 0.258. The summed E-state index contributed by atoms with van der Waals surface area (Å²) in [5.41, 5.74) is 0. The van der Waals surface area contributed by atoms with E-state index in [1.165, 1.54) is 35.0 Å². The number of rotatable bonds is 11. The van der Waals surface area contributed by atoms with Crippen LogP contribution in [0.3, 0.4) is 0 Å². The molecule has 1 N–H and O–H groups in total. The van der Waals surface area contributed by atoms with Gasteiger partial charge in [-0.2, -0.15) is 0 Å². The van der Waals surface area contributed by atoms with Crippen molar-refractivity contribution < 1.29 is 41.8 Å². The molecule has 38 heavy (non-hydrogen) atoms. The van der Waals surface area contributed by atoms with Gasteiger partial charge in [0, 0.05) is 31.0 Å². The molecule has 0 saturated carbocycles. The van der Waals surface area contributed by atoms with Crippen LogP contribution in [0.4, 0.5) is 19.0 Å². The summed E-state index contributed by atoms with van der Waals surface area (Å²) >= 11 is 0. The van der Waals surface area contributed by atoms with Crippen LogP contribution < -0.4 is 19.5 Å². The molecule has 0 spiro atoms. The summed E-state index contributed by atoms with van der Waals surface area (Å²) in [7, 11) is 0. The highest BCUT2D eigenvalue weighted by Gasteiger charge is 2.31. The summed E-state index contributed by atoms with van der Waals surface area (Å²) in [6.45, 7) is 3.53. The number of hydrogen-bond donors (Lipinski definition) is 1. The molecule has 2 aromatic rings. The Morgan fingerprint density at radius 3 is 2.58 bits per heavy atom. The van der Waals surface area contributed by atoms with Gasteiger partial charge < -0.3 is 39.3 Å². The molecule has 1 aromatic heterocycles. The number of halogens is 3. The van der Waals surface area contributed by atoms with Gasteiger partial charge in [-0.15, -0.1) is 13.2 Å². The number of likely N-dealkylation sites (tertiary alicyclic amines) is 1. The fourth-order valence-corrected chi connectivity index (χ4v) is 4.20. The summed E-state index contributed by atoms with van der Waals surface area (Å²) in [4.78, 5) is 28.4. The number of piperidine rings is 1. The van der Waals surface area contributed by atoms with E-state index >= 15 is 0 Å². The summed E-state index contributed by atoms with van der Waals surface area (Å²) in [6, 6.07) is 5.21. The molecule has 2 aliphatic rings. The van der Waals surface area contributed by atoms with Crippen molar-refractivity contribution in [1.82, 2.24) is 19.8 Å². The fourth-order valence-electron chi connectivity index (χ4n) is 4.20. The third kappa shape index (κ3) is 8.21. The Bertz CT molecular complexity index is 1090. The zero-order valence-electron chi connectivity index (χ0n) is 20.4. The second kappa shape index (κ2) is 12.3. The van der Waals surface area contributed by atoms with Crippen LogP contribution in [0.2, 0.25) is 0 Å². The Morgan fingerprint density at radius 2 is 1.89 bits per heavy atom. The molecule has 0 bridgehead atoms. The topological polar surface area (TPSA) is 130 Å². The largest absolute Gasteiger partial charge is 0.573 e. The first-order chi connectivity index (χ1) is 18.1. The monoisotopic (exact) mass is 543 g/mol. The van der Waals surface area contributed by atoms with Crippen molar-refractivity contribution in [3.63, 3.8) is 0 Å². The smallest absolute Gasteiger partial charge is 0.490 e. The number of nitrogens with zero attached hydrogens (tertiary/aromatic N) is 4. The SMILES string of the molecule is O=C(CCOCCN1CCC(Oc2ccc(OC(F)(F)F)cc2)CC1)N[C@@H]1COc2nc([N+](=O)[O-])cn2C1. The molecule has 1 saturated heterocycles. The van der Waals surface area contributed by atoms with E-state index in [4.69, 9.17) is 14.2 Å². The van der Waals surface area contributed by atoms with E-state index in [-0.39, 0.29) is 55.3 Å². The van der Waals surface area contributed by atoms with E-state index in [1.54, 1.807) is 0 Å². The van der Waals surface area contributed by atoms with Gasteiger partial charge in [0.05, 0.1) is 25.8 Å². The van der Waals surface area contributed by atoms with E-state index < -0.39 is 11.3 Å². The van der Waals surface area contributed by atoms with Crippen LogP contribution in [0.1, 0.15) is 19.3 Å². The third-order valence-electron chi connectivity index (χ3n) is 6.03. The van der Waals surface area contributed by atoms with Crippen molar-refractivity contribution in [2.45, 2.75) is 44.3 Å². The predicted octanol–water partition coefficient (Wildman–Crippen LogP) is 2.52. The molecule has 0 radical (unpaired) electrons. The number of ether oxygens (including phenoxy) is 4. The Balaban J connectivity index is 1.05. The summed E-state index contributed by atoms with van der Waals surface area (Å²) in [6.07, 6.45) is -1.76. The summed E-state index contributed by atoms with van der Waals surface area (Å²) in [5, 5.41) is 13.7. The molecule has 2 aliphatic heterocycles. The van der Waals surface area contributed by atoms with E-state index in [0.717, 1.165) is 25.9 Å². The predicted molar refractivity (Wildman–Crippen MR) is 125 cm³/mol. The van der Waals surface area contributed by atoms with Gasteiger partial charge in [0.25, 0.3) is 0 Å². The van der Waals surface area contributed by atoms with Crippen molar-refractivity contribution in [2.24, 2.45) is 0 Å². The van der Waals surface area contributed by atoms with E-state index in [0.29, 0.717) is 25.4 Å². The number of fused-ring (bicyclic) bond motifs is 1. The highest BCUT2D eigenvalue weighted by molar-refractivity contribution is 5.76. The Kier molecular flexibility index (Phi) is 8.89. The minimum Gasteiger partial charge on any atom is -0.490 e. The molecule has 1 atom stereocenters. The highest BCUT2D eigenvalue weighted by Crippen LogP contribution is 2.26. The molecule has 1 aromatic carbocycles. The zero-order chi connectivity index (χ0) is 27.1. The Morgan fingerprint density at radius 1 is 1.18 bits per heavy atom. The lowest BCUT2D eigenvalue weighted by Gasteiger charge is -2.32. The molecule has 1 amide bonds. The van der Waals surface area contributed by atoms with Gasteiger partial charge in [-0.1, -0.05) is 0 Å². The molecule has 1 fully saturated rings. The van der Waals surface area contributed by atoms with Crippen molar-refractivity contribution in [1.29, 1.82) is 0 Å². The molecule has 3 heterocycles. The van der Waals surface area contributed by atoms with Gasteiger partial charge in [-0.05, 0) is 42.0 Å². The molecule has 208 valence electrons. The first-order valence-corrected chi connectivity index (χ1v) is 12.1. The molecule has 0 unspecified atom stereocenters. The lowest BCUT2D eigenvalue weighted by Crippen LogP contribution is -2.44. The van der Waals surface area contributed by atoms with E-state index in [1.807, 2.05) is 0 Å². The van der Waals surface area contributed by atoms with Gasteiger partial charge in [-0.25, -0.2) is 0 Å². The van der Waals surface area contributed by atoms with Crippen LogP contribution in [0, 0.1) is 10.1 Å². The number of carbonyl (C=O) groups excluding carboxylic acids is 1. The molecule has 4 rings (SSSR count). The number of amides is 1. The van der Waals surface area contributed by atoms with E-state index in [9.17, 15) is 28.1 Å². The standard InChI is InChI=1S/C23H28F3N5O7/c24-23(25,26)38-19-3-1-17(2-4-19)37-18-5-8-29(9-6-18)10-12-35-11-7-21(32)27-16-13-30-14-20(31(33)34)28-22(30)36-15-16/h1-4,14,16,18H,5-13,15H2,(H,27,32)/t16-/m0/s1. The maximum atomic E-state index is 12.3. The molecular formula is C23H28F3N5O7. The fraction of sp³-hybridized carbons (Fsp3) is 0.565. The zero-order valence-corrected chi connectivity index (χ0v) is 20.4. The average molecular weight is 543 g/mol. The van der Waals surface area contributed by atoms with Crippen LogP contribution in [0.25, 0.3) is 0 Å². The number of carbonyl (C=O) groups is 1. The van der Waals surface area contributed by atoms with Crippen molar-refractivity contribution >= 4 is 11.7 Å². The number of alkyl halides is 3. The molecule has 0 aliphatic carbocycles. The second-order valence-electron chi connectivity index (χ2n) is 8.91. The van der Waals surface area contributed by atoms with Crippen LogP contribution in [-0.2, 0) is 16.1 Å². The number of benzene rings is 1. The van der Waals surface area contributed by atoms with Crippen LogP contribution >= 0.6 is 0 Å². The van der Waals surface area contributed by atoms with Gasteiger partial charge >= 0.3 is 18.2 Å². The van der Waals surface area contributed by atoms with Crippen molar-refractivity contribution in [2.75, 3.05) is 39.5 Å². The number of nitro groups is 1. The second-order valence-corrected chi connectivity index (χ2v) is 8.91. The maximum Gasteiger partial charge on any atom is 0.573 e. The lowest BCUT2D eigenvalue weighted by molar-refractivity contribution is -0.389. The normalized spacial score (nSPS) is 18.3. The summed E-state index contributed by atoms with van der Waals surface area (Å²) in [5.74, 6) is -0.300. The molecule has 15 heteroatoms. The minimum absolute atomic E-state index is 0.0291. The summed E-state index contributed by atoms with van der Waals surface area (Å²) < 4.78 is 59.0. The van der Waals surface area contributed by atoms with Gasteiger partial charge in [-0.3, -0.25) is 9.36 Å². The first kappa shape index (κ1) is 27.4. The van der Waals surface area contributed by atoms with Gasteiger partial charge in [0.2, 0.25) is 5.91 Å². The van der Waals surface area contributed by atoms with Crippen LogP contribution in [0.5, 0.6) is 17.5 Å². The van der Waals surface area contributed by atoms with Gasteiger partial charge in [0.1, 0.15) is 30.4 Å². The van der Waals surface area contributed by atoms with Gasteiger partial charge in [0.15, 0.2) is 0 Å². The Hall–Kier alpha value is -3.59. The highest BCUT2D eigenvalue weighted by atomic mass is 19.4.